The Morgan fingerprint density at radius 2 is 1.94 bits per heavy atom. The predicted octanol–water partition coefficient (Wildman–Crippen LogP) is 1.65. The van der Waals surface area contributed by atoms with Crippen molar-refractivity contribution in [2.24, 2.45) is 5.73 Å². The van der Waals surface area contributed by atoms with Crippen molar-refractivity contribution in [3.8, 4) is 5.75 Å². The van der Waals surface area contributed by atoms with E-state index in [-0.39, 0.29) is 11.9 Å². The fraction of sp³-hybridized carbons (Fsp3) is 0.500. The molecule has 1 atom stereocenters. The molecule has 0 spiro atoms. The minimum atomic E-state index is -0.351. The van der Waals surface area contributed by atoms with Gasteiger partial charge in [-0.15, -0.1) is 0 Å². The lowest BCUT2D eigenvalue weighted by molar-refractivity contribution is -0.120. The Bertz CT molecular complexity index is 374. The maximum absolute atomic E-state index is 11.0. The Morgan fingerprint density at radius 3 is 2.39 bits per heavy atom. The van der Waals surface area contributed by atoms with E-state index in [1.54, 1.807) is 7.05 Å². The van der Waals surface area contributed by atoms with Gasteiger partial charge in [-0.2, -0.15) is 0 Å². The summed E-state index contributed by atoms with van der Waals surface area (Å²) in [5, 5.41) is 2.86. The Kier molecular flexibility index (Phi) is 5.65. The lowest BCUT2D eigenvalue weighted by atomic mass is 10.0. The summed E-state index contributed by atoms with van der Waals surface area (Å²) in [4.78, 5) is 11.0. The number of amides is 1. The Labute approximate surface area is 109 Å². The van der Waals surface area contributed by atoms with E-state index in [2.05, 4.69) is 31.3 Å². The van der Waals surface area contributed by atoms with E-state index in [4.69, 9.17) is 10.5 Å². The molecule has 1 rings (SSSR count). The number of carbonyl (C=O) groups excluding carboxylic acids is 1. The molecule has 0 heterocycles. The standard InChI is InChI=1S/C14H22N2O2/c1-10(2)11-4-6-12(7-5-11)18-9-8-13(16-3)14(15)17/h4-7,10,13,16H,8-9H2,1-3H3,(H2,15,17). The van der Waals surface area contributed by atoms with Gasteiger partial charge in [-0.25, -0.2) is 0 Å². The number of nitrogens with two attached hydrogens (primary N) is 1. The summed E-state index contributed by atoms with van der Waals surface area (Å²) in [6.45, 7) is 4.77. The van der Waals surface area contributed by atoms with E-state index in [9.17, 15) is 4.79 Å². The molecule has 0 aromatic heterocycles. The first kappa shape index (κ1) is 14.5. The van der Waals surface area contributed by atoms with Crippen LogP contribution in [-0.4, -0.2) is 25.6 Å². The summed E-state index contributed by atoms with van der Waals surface area (Å²) >= 11 is 0. The first-order valence-electron chi connectivity index (χ1n) is 6.24. The molecule has 0 saturated heterocycles. The van der Waals surface area contributed by atoms with Gasteiger partial charge in [-0.3, -0.25) is 4.79 Å². The molecule has 0 aliphatic rings. The highest BCUT2D eigenvalue weighted by atomic mass is 16.5. The van der Waals surface area contributed by atoms with Crippen LogP contribution in [0.15, 0.2) is 24.3 Å². The highest BCUT2D eigenvalue weighted by molar-refractivity contribution is 5.79. The minimum Gasteiger partial charge on any atom is -0.494 e. The van der Waals surface area contributed by atoms with Crippen LogP contribution >= 0.6 is 0 Å². The van der Waals surface area contributed by atoms with Crippen LogP contribution < -0.4 is 15.8 Å². The van der Waals surface area contributed by atoms with Crippen molar-refractivity contribution < 1.29 is 9.53 Å². The third-order valence-electron chi connectivity index (χ3n) is 2.91. The van der Waals surface area contributed by atoms with Crippen molar-refractivity contribution in [1.82, 2.24) is 5.32 Å². The molecule has 4 nitrogen and oxygen atoms in total. The molecular weight excluding hydrogens is 228 g/mol. The van der Waals surface area contributed by atoms with Crippen LogP contribution in [0.1, 0.15) is 31.7 Å². The SMILES string of the molecule is CNC(CCOc1ccc(C(C)C)cc1)C(N)=O. The summed E-state index contributed by atoms with van der Waals surface area (Å²) in [5.74, 6) is 0.984. The van der Waals surface area contributed by atoms with Gasteiger partial charge < -0.3 is 15.8 Å². The quantitative estimate of drug-likeness (QED) is 0.773. The number of benzene rings is 1. The number of hydrogen-bond donors (Lipinski definition) is 2. The third kappa shape index (κ3) is 4.37. The molecule has 0 fully saturated rings. The normalized spacial score (nSPS) is 12.4. The summed E-state index contributed by atoms with van der Waals surface area (Å²) in [5.41, 5.74) is 6.51. The zero-order valence-electron chi connectivity index (χ0n) is 11.3. The zero-order chi connectivity index (χ0) is 13.5. The molecule has 1 unspecified atom stereocenters. The van der Waals surface area contributed by atoms with Gasteiger partial charge in [-0.05, 0) is 30.7 Å². The van der Waals surface area contributed by atoms with Gasteiger partial charge in [0.15, 0.2) is 0 Å². The second kappa shape index (κ2) is 7.01. The summed E-state index contributed by atoms with van der Waals surface area (Å²) in [6.07, 6.45) is 0.567. The molecule has 0 saturated carbocycles. The van der Waals surface area contributed by atoms with E-state index in [0.29, 0.717) is 18.9 Å². The van der Waals surface area contributed by atoms with Gasteiger partial charge in [0.25, 0.3) is 0 Å². The number of likely N-dealkylation sites (N-methyl/N-ethyl adjacent to an activating group) is 1. The molecule has 0 aliphatic carbocycles. The van der Waals surface area contributed by atoms with E-state index in [1.165, 1.54) is 5.56 Å². The Hall–Kier alpha value is -1.55. The molecule has 18 heavy (non-hydrogen) atoms. The van der Waals surface area contributed by atoms with Gasteiger partial charge in [0.2, 0.25) is 5.91 Å². The van der Waals surface area contributed by atoms with Crippen molar-refractivity contribution in [1.29, 1.82) is 0 Å². The molecule has 0 bridgehead atoms. The smallest absolute Gasteiger partial charge is 0.234 e. The Balaban J connectivity index is 2.42. The number of primary amides is 1. The topological polar surface area (TPSA) is 64.3 Å². The van der Waals surface area contributed by atoms with Gasteiger partial charge in [-0.1, -0.05) is 26.0 Å². The van der Waals surface area contributed by atoms with Crippen molar-refractivity contribution in [3.05, 3.63) is 29.8 Å². The van der Waals surface area contributed by atoms with Crippen LogP contribution in [-0.2, 0) is 4.79 Å². The van der Waals surface area contributed by atoms with Gasteiger partial charge in [0, 0.05) is 6.42 Å². The number of carbonyl (C=O) groups is 1. The fourth-order valence-corrected chi connectivity index (χ4v) is 1.67. The summed E-state index contributed by atoms with van der Waals surface area (Å²) < 4.78 is 5.58. The van der Waals surface area contributed by atoms with Gasteiger partial charge in [0.05, 0.1) is 12.6 Å². The molecular formula is C14H22N2O2. The van der Waals surface area contributed by atoms with E-state index < -0.39 is 0 Å². The number of ether oxygens (including phenoxy) is 1. The molecule has 1 aromatic carbocycles. The third-order valence-corrected chi connectivity index (χ3v) is 2.91. The number of rotatable bonds is 7. The molecule has 0 radical (unpaired) electrons. The first-order chi connectivity index (χ1) is 8.54. The van der Waals surface area contributed by atoms with E-state index in [0.717, 1.165) is 5.75 Å². The highest BCUT2D eigenvalue weighted by Crippen LogP contribution is 2.18. The summed E-state index contributed by atoms with van der Waals surface area (Å²) in [6, 6.07) is 7.69. The lowest BCUT2D eigenvalue weighted by Gasteiger charge is -2.13. The second-order valence-corrected chi connectivity index (χ2v) is 4.60. The lowest BCUT2D eigenvalue weighted by Crippen LogP contribution is -2.40. The predicted molar refractivity (Wildman–Crippen MR) is 72.7 cm³/mol. The van der Waals surface area contributed by atoms with Gasteiger partial charge >= 0.3 is 0 Å². The molecule has 1 amide bonds. The van der Waals surface area contributed by atoms with E-state index >= 15 is 0 Å². The maximum Gasteiger partial charge on any atom is 0.234 e. The number of nitrogens with one attached hydrogen (secondary N) is 1. The summed E-state index contributed by atoms with van der Waals surface area (Å²) in [7, 11) is 1.72. The van der Waals surface area contributed by atoms with Crippen molar-refractivity contribution >= 4 is 5.91 Å². The molecule has 4 heteroatoms. The van der Waals surface area contributed by atoms with Crippen molar-refractivity contribution in [2.75, 3.05) is 13.7 Å². The van der Waals surface area contributed by atoms with Crippen LogP contribution in [0.25, 0.3) is 0 Å². The first-order valence-corrected chi connectivity index (χ1v) is 6.24. The largest absolute Gasteiger partial charge is 0.494 e. The molecule has 0 aliphatic heterocycles. The van der Waals surface area contributed by atoms with Crippen molar-refractivity contribution in [2.45, 2.75) is 32.2 Å². The second-order valence-electron chi connectivity index (χ2n) is 4.60. The van der Waals surface area contributed by atoms with Gasteiger partial charge in [0.1, 0.15) is 5.75 Å². The van der Waals surface area contributed by atoms with Crippen molar-refractivity contribution in [3.63, 3.8) is 0 Å². The zero-order valence-corrected chi connectivity index (χ0v) is 11.3. The minimum absolute atomic E-state index is 0.333. The number of hydrogen-bond acceptors (Lipinski definition) is 3. The molecule has 3 N–H and O–H groups in total. The van der Waals surface area contributed by atoms with Crippen LogP contribution in [0.3, 0.4) is 0 Å². The monoisotopic (exact) mass is 250 g/mol. The average molecular weight is 250 g/mol. The van der Waals surface area contributed by atoms with Crippen LogP contribution in [0.5, 0.6) is 5.75 Å². The highest BCUT2D eigenvalue weighted by Gasteiger charge is 2.12. The van der Waals surface area contributed by atoms with Crippen LogP contribution in [0.2, 0.25) is 0 Å². The Morgan fingerprint density at radius 1 is 1.33 bits per heavy atom. The van der Waals surface area contributed by atoms with Crippen LogP contribution in [0, 0.1) is 0 Å². The van der Waals surface area contributed by atoms with E-state index in [1.807, 2.05) is 12.1 Å². The fourth-order valence-electron chi connectivity index (χ4n) is 1.67. The maximum atomic E-state index is 11.0. The average Bonchev–Trinajstić information content (AvgIpc) is 2.34. The van der Waals surface area contributed by atoms with Crippen LogP contribution in [0.4, 0.5) is 0 Å². The molecule has 100 valence electrons. The molecule has 1 aromatic rings.